The molecule has 0 aromatic rings. The van der Waals surface area contributed by atoms with Gasteiger partial charge in [0.05, 0.1) is 6.10 Å². The van der Waals surface area contributed by atoms with Crippen LogP contribution < -0.4 is 10.6 Å². The van der Waals surface area contributed by atoms with Gasteiger partial charge >= 0.3 is 0 Å². The summed E-state index contributed by atoms with van der Waals surface area (Å²) in [6.07, 6.45) is 9.39. The summed E-state index contributed by atoms with van der Waals surface area (Å²) in [5, 5.41) is 6.76. The highest BCUT2D eigenvalue weighted by molar-refractivity contribution is 14.0. The van der Waals surface area contributed by atoms with Crippen molar-refractivity contribution >= 4 is 35.8 Å². The molecule has 0 aromatic carbocycles. The van der Waals surface area contributed by atoms with Gasteiger partial charge in [-0.1, -0.05) is 12.8 Å². The van der Waals surface area contributed by atoms with Crippen LogP contribution in [0, 0.1) is 5.92 Å². The highest BCUT2D eigenvalue weighted by atomic mass is 127. The van der Waals surface area contributed by atoms with Crippen molar-refractivity contribution in [2.45, 2.75) is 71.3 Å². The van der Waals surface area contributed by atoms with E-state index >= 15 is 0 Å². The monoisotopic (exact) mass is 494 g/mol. The third kappa shape index (κ3) is 8.98. The van der Waals surface area contributed by atoms with Crippen molar-refractivity contribution in [1.29, 1.82) is 0 Å². The zero-order chi connectivity index (χ0) is 18.6. The number of halogens is 1. The van der Waals surface area contributed by atoms with Crippen molar-refractivity contribution in [3.63, 3.8) is 0 Å². The van der Waals surface area contributed by atoms with Crippen LogP contribution in [0.5, 0.6) is 0 Å². The second-order valence-electron chi connectivity index (χ2n) is 7.35. The van der Waals surface area contributed by atoms with Gasteiger partial charge in [-0.3, -0.25) is 9.79 Å². The lowest BCUT2D eigenvalue weighted by Crippen LogP contribution is -2.39. The predicted octanol–water partition coefficient (Wildman–Crippen LogP) is 3.16. The topological polar surface area (TPSA) is 66.0 Å². The number of amides is 1. The predicted molar refractivity (Wildman–Crippen MR) is 122 cm³/mol. The van der Waals surface area contributed by atoms with Gasteiger partial charge in [0, 0.05) is 45.8 Å². The molecule has 0 spiro atoms. The molecule has 27 heavy (non-hydrogen) atoms. The maximum Gasteiger partial charge on any atom is 0.222 e. The van der Waals surface area contributed by atoms with E-state index in [1.165, 1.54) is 25.7 Å². The molecular formula is C20H39IN4O2. The van der Waals surface area contributed by atoms with Gasteiger partial charge in [-0.05, 0) is 51.9 Å². The highest BCUT2D eigenvalue weighted by Gasteiger charge is 2.25. The minimum atomic E-state index is 0. The van der Waals surface area contributed by atoms with Crippen LogP contribution in [-0.2, 0) is 9.53 Å². The number of carbonyl (C=O) groups is 1. The molecule has 2 fully saturated rings. The molecule has 1 atom stereocenters. The number of carbonyl (C=O) groups excluding carboxylic acids is 1. The Morgan fingerprint density at radius 2 is 2.04 bits per heavy atom. The Balaban J connectivity index is 0.00000364. The molecule has 2 N–H and O–H groups in total. The number of nitrogens with zero attached hydrogens (tertiary/aromatic N) is 2. The molecule has 0 radical (unpaired) electrons. The lowest BCUT2D eigenvalue weighted by atomic mass is 9.98. The maximum atomic E-state index is 11.6. The van der Waals surface area contributed by atoms with E-state index in [0.29, 0.717) is 12.0 Å². The Morgan fingerprint density at radius 1 is 1.26 bits per heavy atom. The van der Waals surface area contributed by atoms with Gasteiger partial charge in [-0.25, -0.2) is 0 Å². The number of guanidine groups is 1. The molecular weight excluding hydrogens is 455 g/mol. The summed E-state index contributed by atoms with van der Waals surface area (Å²) in [4.78, 5) is 18.2. The average Bonchev–Trinajstić information content (AvgIpc) is 3.30. The molecule has 1 aliphatic heterocycles. The van der Waals surface area contributed by atoms with E-state index in [9.17, 15) is 4.79 Å². The summed E-state index contributed by atoms with van der Waals surface area (Å²) < 4.78 is 6.00. The minimum Gasteiger partial charge on any atom is -0.378 e. The molecule has 1 aliphatic carbocycles. The Bertz CT molecular complexity index is 442. The number of aliphatic imine (C=N–C) groups is 1. The lowest BCUT2D eigenvalue weighted by Gasteiger charge is -2.24. The number of ether oxygens (including phenoxy) is 1. The molecule has 6 nitrogen and oxygen atoms in total. The standard InChI is InChI=1S/C20H38N4O2.HI/c1-3-21-20(22-13-8-16-24-15-7-11-19(24)25)23-14-12-18(26-4-2)17-9-5-6-10-17;/h17-18H,3-16H2,1-2H3,(H2,21,22,23);1H. The highest BCUT2D eigenvalue weighted by Crippen LogP contribution is 2.30. The van der Waals surface area contributed by atoms with E-state index in [4.69, 9.17) is 4.74 Å². The molecule has 0 bridgehead atoms. The Hall–Kier alpha value is -0.570. The third-order valence-corrected chi connectivity index (χ3v) is 5.40. The van der Waals surface area contributed by atoms with Gasteiger partial charge in [0.15, 0.2) is 5.96 Å². The molecule has 7 heteroatoms. The van der Waals surface area contributed by atoms with E-state index in [-0.39, 0.29) is 24.0 Å². The van der Waals surface area contributed by atoms with E-state index in [0.717, 1.165) is 76.9 Å². The Kier molecular flexibility index (Phi) is 13.1. The van der Waals surface area contributed by atoms with Gasteiger partial charge in [-0.15, -0.1) is 24.0 Å². The molecule has 1 heterocycles. The van der Waals surface area contributed by atoms with E-state index in [2.05, 4.69) is 29.5 Å². The van der Waals surface area contributed by atoms with E-state index in [1.807, 2.05) is 4.90 Å². The molecule has 158 valence electrons. The van der Waals surface area contributed by atoms with Crippen LogP contribution in [0.3, 0.4) is 0 Å². The van der Waals surface area contributed by atoms with Crippen molar-refractivity contribution in [2.75, 3.05) is 39.3 Å². The third-order valence-electron chi connectivity index (χ3n) is 5.40. The molecule has 1 amide bonds. The summed E-state index contributed by atoms with van der Waals surface area (Å²) >= 11 is 0. The van der Waals surface area contributed by atoms with Gasteiger partial charge in [0.2, 0.25) is 5.91 Å². The number of likely N-dealkylation sites (tertiary alicyclic amines) is 1. The van der Waals surface area contributed by atoms with Gasteiger partial charge in [0.1, 0.15) is 0 Å². The summed E-state index contributed by atoms with van der Waals surface area (Å²) in [6, 6.07) is 0. The van der Waals surface area contributed by atoms with Crippen LogP contribution in [0.4, 0.5) is 0 Å². The molecule has 0 aromatic heterocycles. The van der Waals surface area contributed by atoms with Crippen LogP contribution in [0.2, 0.25) is 0 Å². The molecule has 1 saturated carbocycles. The number of hydrogen-bond donors (Lipinski definition) is 2. The number of hydrogen-bond acceptors (Lipinski definition) is 3. The Morgan fingerprint density at radius 3 is 2.67 bits per heavy atom. The number of nitrogens with one attached hydrogen (secondary N) is 2. The van der Waals surface area contributed by atoms with E-state index in [1.54, 1.807) is 0 Å². The van der Waals surface area contributed by atoms with Crippen molar-refractivity contribution in [1.82, 2.24) is 15.5 Å². The normalized spacial score (nSPS) is 19.3. The smallest absolute Gasteiger partial charge is 0.222 e. The molecule has 1 unspecified atom stereocenters. The second-order valence-corrected chi connectivity index (χ2v) is 7.35. The van der Waals surface area contributed by atoms with Gasteiger partial charge in [-0.2, -0.15) is 0 Å². The van der Waals surface area contributed by atoms with Crippen molar-refractivity contribution in [3.05, 3.63) is 0 Å². The summed E-state index contributed by atoms with van der Waals surface area (Å²) in [7, 11) is 0. The Labute approximate surface area is 182 Å². The van der Waals surface area contributed by atoms with Crippen molar-refractivity contribution in [3.8, 4) is 0 Å². The van der Waals surface area contributed by atoms with Crippen LogP contribution in [-0.4, -0.2) is 62.2 Å². The molecule has 1 saturated heterocycles. The fourth-order valence-corrected chi connectivity index (χ4v) is 4.07. The lowest BCUT2D eigenvalue weighted by molar-refractivity contribution is -0.127. The summed E-state index contributed by atoms with van der Waals surface area (Å²) in [6.45, 7) is 9.21. The zero-order valence-electron chi connectivity index (χ0n) is 17.2. The SMILES string of the molecule is CCNC(=NCCCN1CCCC1=O)NCCC(OCC)C1CCCC1.I. The van der Waals surface area contributed by atoms with Crippen LogP contribution in [0.1, 0.15) is 65.2 Å². The minimum absolute atomic E-state index is 0. The summed E-state index contributed by atoms with van der Waals surface area (Å²) in [5.41, 5.74) is 0. The average molecular weight is 494 g/mol. The first-order chi connectivity index (χ1) is 12.7. The summed E-state index contributed by atoms with van der Waals surface area (Å²) in [5.74, 6) is 1.91. The second kappa shape index (κ2) is 14.4. The fourth-order valence-electron chi connectivity index (χ4n) is 4.07. The molecule has 2 rings (SSSR count). The fraction of sp³-hybridized carbons (Fsp3) is 0.900. The van der Waals surface area contributed by atoms with Crippen molar-refractivity contribution in [2.24, 2.45) is 10.9 Å². The van der Waals surface area contributed by atoms with Gasteiger partial charge in [0.25, 0.3) is 0 Å². The van der Waals surface area contributed by atoms with Gasteiger partial charge < -0.3 is 20.3 Å². The first-order valence-corrected chi connectivity index (χ1v) is 10.7. The quantitative estimate of drug-likeness (QED) is 0.201. The van der Waals surface area contributed by atoms with Crippen LogP contribution >= 0.6 is 24.0 Å². The molecule has 2 aliphatic rings. The maximum absolute atomic E-state index is 11.6. The first kappa shape index (κ1) is 24.5. The first-order valence-electron chi connectivity index (χ1n) is 10.7. The number of rotatable bonds is 11. The van der Waals surface area contributed by atoms with Crippen LogP contribution in [0.15, 0.2) is 4.99 Å². The van der Waals surface area contributed by atoms with E-state index < -0.39 is 0 Å². The zero-order valence-corrected chi connectivity index (χ0v) is 19.5. The largest absolute Gasteiger partial charge is 0.378 e. The van der Waals surface area contributed by atoms with Crippen LogP contribution in [0.25, 0.3) is 0 Å². The van der Waals surface area contributed by atoms with Crippen molar-refractivity contribution < 1.29 is 9.53 Å².